The third-order valence-electron chi connectivity index (χ3n) is 5.31. The molecule has 3 heteroatoms. The molecule has 1 heterocycles. The van der Waals surface area contributed by atoms with E-state index in [1.807, 2.05) is 0 Å². The summed E-state index contributed by atoms with van der Waals surface area (Å²) < 4.78 is 0. The average molecular weight is 281 g/mol. The number of hydrogen-bond acceptors (Lipinski definition) is 3. The Morgan fingerprint density at radius 1 is 1.20 bits per heavy atom. The molecule has 1 saturated carbocycles. The predicted molar refractivity (Wildman–Crippen MR) is 87.1 cm³/mol. The van der Waals surface area contributed by atoms with Crippen molar-refractivity contribution in [2.45, 2.75) is 52.0 Å². The smallest absolute Gasteiger partial charge is 0.00684 e. The van der Waals surface area contributed by atoms with Crippen molar-refractivity contribution in [1.82, 2.24) is 15.1 Å². The predicted octanol–water partition coefficient (Wildman–Crippen LogP) is 2.43. The fraction of sp³-hybridized carbons (Fsp3) is 1.00. The van der Waals surface area contributed by atoms with Crippen molar-refractivity contribution in [2.24, 2.45) is 11.3 Å². The minimum atomic E-state index is 0.433. The van der Waals surface area contributed by atoms with Crippen LogP contribution in [0.15, 0.2) is 0 Å². The van der Waals surface area contributed by atoms with Gasteiger partial charge < -0.3 is 15.1 Å². The Morgan fingerprint density at radius 2 is 1.85 bits per heavy atom. The molecule has 118 valence electrons. The zero-order valence-corrected chi connectivity index (χ0v) is 14.1. The molecular weight excluding hydrogens is 246 g/mol. The van der Waals surface area contributed by atoms with Crippen molar-refractivity contribution in [3.05, 3.63) is 0 Å². The van der Waals surface area contributed by atoms with E-state index in [9.17, 15) is 0 Å². The van der Waals surface area contributed by atoms with Gasteiger partial charge in [0.1, 0.15) is 0 Å². The SMILES string of the molecule is CCC(C)(CNC1CC1)CN(C)CC1CCN(C)CC1. The first-order chi connectivity index (χ1) is 9.50. The summed E-state index contributed by atoms with van der Waals surface area (Å²) in [6.45, 7) is 11.1. The molecule has 0 aromatic rings. The van der Waals surface area contributed by atoms with Gasteiger partial charge in [0.05, 0.1) is 0 Å². The summed E-state index contributed by atoms with van der Waals surface area (Å²) in [5, 5.41) is 3.73. The van der Waals surface area contributed by atoms with Crippen LogP contribution < -0.4 is 5.32 Å². The van der Waals surface area contributed by atoms with Gasteiger partial charge in [0.25, 0.3) is 0 Å². The van der Waals surface area contributed by atoms with E-state index in [4.69, 9.17) is 0 Å². The Morgan fingerprint density at radius 3 is 2.40 bits per heavy atom. The molecule has 1 aliphatic heterocycles. The molecule has 0 bridgehead atoms. The number of nitrogens with zero attached hydrogens (tertiary/aromatic N) is 2. The number of hydrogen-bond donors (Lipinski definition) is 1. The molecule has 20 heavy (non-hydrogen) atoms. The summed E-state index contributed by atoms with van der Waals surface area (Å²) in [5.41, 5.74) is 0.433. The monoisotopic (exact) mass is 281 g/mol. The van der Waals surface area contributed by atoms with Crippen LogP contribution >= 0.6 is 0 Å². The van der Waals surface area contributed by atoms with Crippen LogP contribution in [0.2, 0.25) is 0 Å². The fourth-order valence-electron chi connectivity index (χ4n) is 3.37. The van der Waals surface area contributed by atoms with Gasteiger partial charge >= 0.3 is 0 Å². The van der Waals surface area contributed by atoms with Gasteiger partial charge in [0.15, 0.2) is 0 Å². The van der Waals surface area contributed by atoms with E-state index in [0.717, 1.165) is 12.0 Å². The highest BCUT2D eigenvalue weighted by atomic mass is 15.1. The second-order valence-corrected chi connectivity index (χ2v) is 7.76. The van der Waals surface area contributed by atoms with Crippen molar-refractivity contribution in [2.75, 3.05) is 46.8 Å². The van der Waals surface area contributed by atoms with Gasteiger partial charge in [0, 0.05) is 25.7 Å². The van der Waals surface area contributed by atoms with E-state index in [-0.39, 0.29) is 0 Å². The minimum Gasteiger partial charge on any atom is -0.313 e. The normalized spacial score (nSPS) is 25.1. The molecule has 3 nitrogen and oxygen atoms in total. The Balaban J connectivity index is 1.71. The van der Waals surface area contributed by atoms with Gasteiger partial charge in [-0.2, -0.15) is 0 Å². The van der Waals surface area contributed by atoms with Crippen LogP contribution in [0, 0.1) is 11.3 Å². The van der Waals surface area contributed by atoms with Crippen LogP contribution in [0.5, 0.6) is 0 Å². The zero-order chi connectivity index (χ0) is 14.6. The fourth-order valence-corrected chi connectivity index (χ4v) is 3.37. The molecule has 0 radical (unpaired) electrons. The van der Waals surface area contributed by atoms with E-state index in [0.29, 0.717) is 5.41 Å². The summed E-state index contributed by atoms with van der Waals surface area (Å²) in [6, 6.07) is 0.833. The molecule has 2 aliphatic rings. The number of piperidine rings is 1. The van der Waals surface area contributed by atoms with Gasteiger partial charge in [0.2, 0.25) is 0 Å². The molecular formula is C17H35N3. The second kappa shape index (κ2) is 7.24. The lowest BCUT2D eigenvalue weighted by molar-refractivity contribution is 0.133. The maximum Gasteiger partial charge on any atom is 0.00684 e. The molecule has 2 fully saturated rings. The first-order valence-corrected chi connectivity index (χ1v) is 8.61. The molecule has 1 unspecified atom stereocenters. The third-order valence-corrected chi connectivity index (χ3v) is 5.31. The molecule has 1 atom stereocenters. The molecule has 1 saturated heterocycles. The number of rotatable bonds is 8. The van der Waals surface area contributed by atoms with E-state index < -0.39 is 0 Å². The Labute approximate surface area is 126 Å². The van der Waals surface area contributed by atoms with Gasteiger partial charge in [-0.1, -0.05) is 13.8 Å². The van der Waals surface area contributed by atoms with Crippen molar-refractivity contribution < 1.29 is 0 Å². The zero-order valence-electron chi connectivity index (χ0n) is 14.1. The molecule has 0 aromatic carbocycles. The topological polar surface area (TPSA) is 18.5 Å². The van der Waals surface area contributed by atoms with Crippen LogP contribution in [0.4, 0.5) is 0 Å². The van der Waals surface area contributed by atoms with Crippen LogP contribution in [-0.2, 0) is 0 Å². The van der Waals surface area contributed by atoms with E-state index in [1.54, 1.807) is 0 Å². The first-order valence-electron chi connectivity index (χ1n) is 8.61. The number of likely N-dealkylation sites (tertiary alicyclic amines) is 1. The van der Waals surface area contributed by atoms with Crippen LogP contribution in [0.3, 0.4) is 0 Å². The lowest BCUT2D eigenvalue weighted by Gasteiger charge is -2.37. The molecule has 0 aromatic heterocycles. The maximum absolute atomic E-state index is 3.73. The largest absolute Gasteiger partial charge is 0.313 e. The summed E-state index contributed by atoms with van der Waals surface area (Å²) in [7, 11) is 4.57. The van der Waals surface area contributed by atoms with E-state index >= 15 is 0 Å². The lowest BCUT2D eigenvalue weighted by atomic mass is 9.86. The molecule has 0 spiro atoms. The lowest BCUT2D eigenvalue weighted by Crippen LogP contribution is -2.43. The second-order valence-electron chi connectivity index (χ2n) is 7.76. The highest BCUT2D eigenvalue weighted by molar-refractivity contribution is 4.86. The van der Waals surface area contributed by atoms with Gasteiger partial charge in [-0.15, -0.1) is 0 Å². The van der Waals surface area contributed by atoms with Crippen molar-refractivity contribution in [3.63, 3.8) is 0 Å². The Kier molecular flexibility index (Phi) is 5.88. The minimum absolute atomic E-state index is 0.433. The van der Waals surface area contributed by atoms with E-state index in [1.165, 1.54) is 64.8 Å². The maximum atomic E-state index is 3.73. The Hall–Kier alpha value is -0.120. The van der Waals surface area contributed by atoms with Crippen LogP contribution in [-0.4, -0.2) is 62.7 Å². The van der Waals surface area contributed by atoms with Crippen molar-refractivity contribution >= 4 is 0 Å². The van der Waals surface area contributed by atoms with Gasteiger partial charge in [-0.25, -0.2) is 0 Å². The number of nitrogens with one attached hydrogen (secondary N) is 1. The first kappa shape index (κ1) is 16.3. The van der Waals surface area contributed by atoms with Gasteiger partial charge in [-0.05, 0) is 70.6 Å². The molecule has 1 N–H and O–H groups in total. The highest BCUT2D eigenvalue weighted by Crippen LogP contribution is 2.26. The van der Waals surface area contributed by atoms with Crippen molar-refractivity contribution in [3.8, 4) is 0 Å². The van der Waals surface area contributed by atoms with Crippen LogP contribution in [0.25, 0.3) is 0 Å². The molecule has 2 rings (SSSR count). The summed E-state index contributed by atoms with van der Waals surface area (Å²) >= 11 is 0. The highest BCUT2D eigenvalue weighted by Gasteiger charge is 2.29. The standard InChI is InChI=1S/C17H35N3/c1-5-17(2,13-18-16-6-7-16)14-20(4)12-15-8-10-19(3)11-9-15/h15-16,18H,5-14H2,1-4H3. The molecule has 0 amide bonds. The molecule has 1 aliphatic carbocycles. The summed E-state index contributed by atoms with van der Waals surface area (Å²) in [4.78, 5) is 5.06. The quantitative estimate of drug-likeness (QED) is 0.737. The third kappa shape index (κ3) is 5.34. The van der Waals surface area contributed by atoms with Crippen LogP contribution in [0.1, 0.15) is 46.0 Å². The average Bonchev–Trinajstić information content (AvgIpc) is 3.23. The van der Waals surface area contributed by atoms with E-state index in [2.05, 4.69) is 43.1 Å². The summed E-state index contributed by atoms with van der Waals surface area (Å²) in [5.74, 6) is 0.911. The van der Waals surface area contributed by atoms with Crippen molar-refractivity contribution in [1.29, 1.82) is 0 Å². The summed E-state index contributed by atoms with van der Waals surface area (Å²) in [6.07, 6.45) is 6.81. The Bertz CT molecular complexity index is 282. The van der Waals surface area contributed by atoms with Gasteiger partial charge in [-0.3, -0.25) is 0 Å².